The number of methoxy groups -OCH3 is 1. The zero-order valence-electron chi connectivity index (χ0n) is 34.5. The Balaban J connectivity index is 1.57. The number of pyridine rings is 1. The van der Waals surface area contributed by atoms with Gasteiger partial charge in [-0.25, -0.2) is 4.98 Å². The lowest BCUT2D eigenvalue weighted by Crippen LogP contribution is -2.46. The Labute approximate surface area is 336 Å². The number of fused-ring (bicyclic) bond motifs is 15. The number of aliphatic hydroxyl groups is 2. The fraction of sp³-hybridized carbons (Fsp3) is 0.455. The van der Waals surface area contributed by atoms with Gasteiger partial charge in [0.15, 0.2) is 11.5 Å². The molecule has 14 heteroatoms. The Bertz CT molecular complexity index is 2400. The first-order valence-corrected chi connectivity index (χ1v) is 19.4. The van der Waals surface area contributed by atoms with Crippen LogP contribution >= 0.6 is 0 Å². The minimum absolute atomic E-state index is 0.0297. The number of nitrogens with zero attached hydrogens (tertiary/aromatic N) is 2. The molecule has 2 aromatic heterocycles. The van der Waals surface area contributed by atoms with Crippen LogP contribution in [0.25, 0.3) is 27.5 Å². The van der Waals surface area contributed by atoms with Gasteiger partial charge in [0, 0.05) is 67.3 Å². The highest BCUT2D eigenvalue weighted by atomic mass is 16.7. The van der Waals surface area contributed by atoms with Crippen molar-refractivity contribution in [3.63, 3.8) is 0 Å². The standard InChI is InChI=1S/C44H53N3O11/c1-20-14-16-47-30(18-20)45-34-32-31-28(49)19-44(9)56-17-15-29(55-10)23(4)41(57-27(8)48)25(6)38(51)24(5)37(50)21(2)12-11-13-22(3)43(54)46-35(36(34)47)40(53)33(32)39(52)26(7)42(31)58-44/h11-18,21,23-25,29,37-38,41,50-53H,19H2,1-10H3,(H,46,54)/t21-,23+,24+,25+,29-,37-,38+,41+,44-/m0/s1. The lowest BCUT2D eigenvalue weighted by Gasteiger charge is -2.38. The molecule has 9 atom stereocenters. The summed E-state index contributed by atoms with van der Waals surface area (Å²) in [5, 5.41) is 49.6. The zero-order chi connectivity index (χ0) is 42.5. The fourth-order valence-electron chi connectivity index (χ4n) is 8.25. The van der Waals surface area contributed by atoms with Crippen molar-refractivity contribution >= 4 is 50.8 Å². The molecular weight excluding hydrogens is 746 g/mol. The predicted molar refractivity (Wildman–Crippen MR) is 218 cm³/mol. The number of aliphatic hydroxyl groups excluding tert-OH is 2. The third kappa shape index (κ3) is 7.51. The molecule has 5 N–H and O–H groups in total. The van der Waals surface area contributed by atoms with Crippen molar-refractivity contribution in [3.8, 4) is 17.2 Å². The number of hydrogen-bond donors (Lipinski definition) is 5. The lowest BCUT2D eigenvalue weighted by molar-refractivity contribution is -0.160. The number of aromatic hydroxyl groups is 2. The lowest BCUT2D eigenvalue weighted by atomic mass is 9.78. The number of aryl methyl sites for hydroxylation is 1. The minimum atomic E-state index is -1.57. The average Bonchev–Trinajstić information content (AvgIpc) is 3.54. The number of ether oxygens (including phenoxy) is 4. The Morgan fingerprint density at radius 2 is 1.71 bits per heavy atom. The fourth-order valence-corrected chi connectivity index (χ4v) is 8.25. The number of phenols is 2. The van der Waals surface area contributed by atoms with Gasteiger partial charge in [0.25, 0.3) is 11.7 Å². The van der Waals surface area contributed by atoms with Crippen LogP contribution < -0.4 is 10.1 Å². The molecule has 0 aliphatic carbocycles. The number of imidazole rings is 1. The maximum atomic E-state index is 14.4. The number of carbonyl (C=O) groups is 3. The molecule has 310 valence electrons. The molecule has 4 aromatic rings. The summed E-state index contributed by atoms with van der Waals surface area (Å²) in [6, 6.07) is 3.66. The molecule has 0 unspecified atom stereocenters. The minimum Gasteiger partial charge on any atom is -0.507 e. The van der Waals surface area contributed by atoms with Gasteiger partial charge in [0.05, 0.1) is 41.9 Å². The second kappa shape index (κ2) is 16.1. The molecule has 2 aromatic carbocycles. The smallest absolute Gasteiger partial charge is 0.302 e. The number of hydrogen-bond acceptors (Lipinski definition) is 12. The highest BCUT2D eigenvalue weighted by molar-refractivity contribution is 6.27. The quantitative estimate of drug-likeness (QED) is 0.108. The molecule has 0 saturated carbocycles. The molecule has 3 aliphatic heterocycles. The van der Waals surface area contributed by atoms with Gasteiger partial charge in [0.1, 0.15) is 40.0 Å². The normalized spacial score (nSPS) is 28.7. The summed E-state index contributed by atoms with van der Waals surface area (Å²) in [6.45, 7) is 14.9. The van der Waals surface area contributed by atoms with Gasteiger partial charge in [-0.2, -0.15) is 0 Å². The first-order chi connectivity index (χ1) is 27.3. The van der Waals surface area contributed by atoms with Crippen LogP contribution in [0.2, 0.25) is 0 Å². The number of allylic oxidation sites excluding steroid dienone is 2. The van der Waals surface area contributed by atoms with Crippen LogP contribution in [0.15, 0.2) is 54.5 Å². The van der Waals surface area contributed by atoms with Crippen molar-refractivity contribution in [2.45, 2.75) is 98.9 Å². The van der Waals surface area contributed by atoms with Gasteiger partial charge in [-0.3, -0.25) is 18.8 Å². The summed E-state index contributed by atoms with van der Waals surface area (Å²) in [6.07, 6.45) is 5.59. The Morgan fingerprint density at radius 3 is 2.38 bits per heavy atom. The summed E-state index contributed by atoms with van der Waals surface area (Å²) >= 11 is 0. The van der Waals surface area contributed by atoms with Crippen molar-refractivity contribution in [2.75, 3.05) is 12.4 Å². The largest absolute Gasteiger partial charge is 0.507 e. The molecule has 5 bridgehead atoms. The van der Waals surface area contributed by atoms with E-state index in [1.54, 1.807) is 83.4 Å². The summed E-state index contributed by atoms with van der Waals surface area (Å²) < 4.78 is 25.8. The third-order valence-electron chi connectivity index (χ3n) is 11.7. The van der Waals surface area contributed by atoms with Crippen LogP contribution in [-0.4, -0.2) is 84.8 Å². The van der Waals surface area contributed by atoms with Crippen LogP contribution in [0.5, 0.6) is 17.2 Å². The molecule has 58 heavy (non-hydrogen) atoms. The molecule has 3 aliphatic rings. The maximum Gasteiger partial charge on any atom is 0.302 e. The topological polar surface area (TPSA) is 198 Å². The first kappa shape index (κ1) is 42.2. The number of aromatic nitrogens is 2. The van der Waals surface area contributed by atoms with Gasteiger partial charge in [-0.05, 0) is 44.5 Å². The third-order valence-corrected chi connectivity index (χ3v) is 11.7. The van der Waals surface area contributed by atoms with Crippen molar-refractivity contribution < 1.29 is 53.8 Å². The Hall–Kier alpha value is -5.44. The van der Waals surface area contributed by atoms with Crippen molar-refractivity contribution in [1.29, 1.82) is 0 Å². The van der Waals surface area contributed by atoms with Crippen LogP contribution in [0, 0.1) is 37.5 Å². The first-order valence-electron chi connectivity index (χ1n) is 19.4. The number of anilines is 1. The summed E-state index contributed by atoms with van der Waals surface area (Å²) in [5.41, 5.74) is 2.35. The number of carbonyl (C=O) groups excluding carboxylic acids is 3. The van der Waals surface area contributed by atoms with E-state index in [4.69, 9.17) is 23.9 Å². The number of phenolic OH excluding ortho intramolecular Hbond substituents is 2. The Morgan fingerprint density at radius 1 is 1.00 bits per heavy atom. The van der Waals surface area contributed by atoms with Gasteiger partial charge in [-0.1, -0.05) is 45.9 Å². The number of ketones is 1. The van der Waals surface area contributed by atoms with E-state index in [-0.39, 0.29) is 56.6 Å². The molecule has 0 radical (unpaired) electrons. The second-order valence-electron chi connectivity index (χ2n) is 16.1. The highest BCUT2D eigenvalue weighted by Gasteiger charge is 2.43. The van der Waals surface area contributed by atoms with E-state index in [1.165, 1.54) is 20.3 Å². The van der Waals surface area contributed by atoms with Crippen molar-refractivity contribution in [2.24, 2.45) is 23.7 Å². The number of nitrogens with one attached hydrogen (secondary N) is 1. The zero-order valence-corrected chi connectivity index (χ0v) is 34.5. The van der Waals surface area contributed by atoms with Crippen LogP contribution in [-0.2, 0) is 23.8 Å². The molecule has 0 fully saturated rings. The SMILES string of the molecule is CO[C@H]1C=CO[C@]2(C)CC(=O)c3c(c(C)c(O)c4c(O)c(c5c(nc6cc(C)ccn65)c34)NC(=O)C(C)=CC=C[C@H](C)[C@H](O)[C@@H](C)[C@@H](O)[C@@H](C)[C@H](OC(C)=O)[C@@H]1C)O2. The van der Waals surface area contributed by atoms with Crippen molar-refractivity contribution in [3.05, 3.63) is 71.2 Å². The van der Waals surface area contributed by atoms with Gasteiger partial charge >= 0.3 is 5.97 Å². The highest BCUT2D eigenvalue weighted by Crippen LogP contribution is 2.53. The van der Waals surface area contributed by atoms with E-state index in [0.717, 1.165) is 5.56 Å². The molecule has 0 spiro atoms. The number of rotatable bonds is 2. The number of amides is 1. The molecule has 14 nitrogen and oxygen atoms in total. The number of benzene rings is 2. The second-order valence-corrected chi connectivity index (χ2v) is 16.1. The van der Waals surface area contributed by atoms with Gasteiger partial charge < -0.3 is 44.7 Å². The van der Waals surface area contributed by atoms with Crippen LogP contribution in [0.1, 0.15) is 76.4 Å². The molecule has 0 saturated heterocycles. The van der Waals surface area contributed by atoms with E-state index in [1.807, 2.05) is 19.1 Å². The van der Waals surface area contributed by atoms with Crippen LogP contribution in [0.3, 0.4) is 0 Å². The van der Waals surface area contributed by atoms with Gasteiger partial charge in [0.2, 0.25) is 0 Å². The Kier molecular flexibility index (Phi) is 11.7. The van der Waals surface area contributed by atoms with E-state index in [2.05, 4.69) is 5.32 Å². The van der Waals surface area contributed by atoms with E-state index < -0.39 is 77.3 Å². The van der Waals surface area contributed by atoms with E-state index in [0.29, 0.717) is 11.2 Å². The summed E-state index contributed by atoms with van der Waals surface area (Å²) in [4.78, 5) is 45.4. The van der Waals surface area contributed by atoms with E-state index >= 15 is 0 Å². The number of Topliss-reactive ketones (excluding diaryl/α,β-unsaturated/α-hetero) is 1. The van der Waals surface area contributed by atoms with Crippen LogP contribution in [0.4, 0.5) is 5.69 Å². The average molecular weight is 800 g/mol. The molecule has 7 rings (SSSR count). The molecule has 5 heterocycles. The number of esters is 1. The maximum absolute atomic E-state index is 14.4. The molecular formula is C44H53N3O11. The predicted octanol–water partition coefficient (Wildman–Crippen LogP) is 6.55. The van der Waals surface area contributed by atoms with Crippen molar-refractivity contribution in [1.82, 2.24) is 9.38 Å². The molecule has 1 amide bonds. The summed E-state index contributed by atoms with van der Waals surface area (Å²) in [7, 11) is 1.48. The van der Waals surface area contributed by atoms with Gasteiger partial charge in [-0.15, -0.1) is 0 Å². The monoisotopic (exact) mass is 799 g/mol. The van der Waals surface area contributed by atoms with E-state index in [9.17, 15) is 34.8 Å². The summed E-state index contributed by atoms with van der Waals surface area (Å²) in [5.74, 6) is -6.25.